The van der Waals surface area contributed by atoms with Crippen molar-refractivity contribution >= 4 is 23.6 Å². The molecule has 3 aliphatic rings. The summed E-state index contributed by atoms with van der Waals surface area (Å²) in [6.07, 6.45) is 9.51. The van der Waals surface area contributed by atoms with Crippen LogP contribution in [0.1, 0.15) is 56.1 Å². The molecule has 3 atom stereocenters. The highest BCUT2D eigenvalue weighted by molar-refractivity contribution is 6.05. The van der Waals surface area contributed by atoms with Crippen molar-refractivity contribution in [2.24, 2.45) is 11.8 Å². The molecule has 4 amide bonds. The van der Waals surface area contributed by atoms with Crippen molar-refractivity contribution in [1.82, 2.24) is 15.1 Å². The van der Waals surface area contributed by atoms with Crippen LogP contribution in [0.3, 0.4) is 0 Å². The molecule has 2 aliphatic carbocycles. The summed E-state index contributed by atoms with van der Waals surface area (Å²) in [7, 11) is 0. The van der Waals surface area contributed by atoms with Gasteiger partial charge in [-0.3, -0.25) is 24.1 Å². The van der Waals surface area contributed by atoms with Gasteiger partial charge in [0.05, 0.1) is 11.8 Å². The van der Waals surface area contributed by atoms with E-state index in [0.29, 0.717) is 19.3 Å². The van der Waals surface area contributed by atoms with Crippen LogP contribution in [0, 0.1) is 11.8 Å². The van der Waals surface area contributed by atoms with Gasteiger partial charge in [0.1, 0.15) is 6.04 Å². The average molecular weight is 528 g/mol. The molecule has 0 radical (unpaired) electrons. The Bertz CT molecular complexity index is 1180. The number of amides is 4. The second-order valence-electron chi connectivity index (χ2n) is 10.9. The second-order valence-corrected chi connectivity index (χ2v) is 10.9. The van der Waals surface area contributed by atoms with Crippen molar-refractivity contribution < 1.29 is 19.2 Å². The molecular weight excluding hydrogens is 490 g/mol. The number of allylic oxidation sites excluding steroid dienone is 2. The van der Waals surface area contributed by atoms with Crippen LogP contribution in [-0.4, -0.2) is 52.1 Å². The topological polar surface area (TPSA) is 86.8 Å². The highest BCUT2D eigenvalue weighted by Crippen LogP contribution is 2.35. The Labute approximate surface area is 230 Å². The zero-order chi connectivity index (χ0) is 27.2. The molecule has 0 aromatic heterocycles. The molecular formula is C32H37N3O4. The molecule has 1 aliphatic heterocycles. The molecule has 0 unspecified atom stereocenters. The van der Waals surface area contributed by atoms with Gasteiger partial charge in [-0.15, -0.1) is 0 Å². The summed E-state index contributed by atoms with van der Waals surface area (Å²) in [5, 5.41) is 3.21. The monoisotopic (exact) mass is 527 g/mol. The Kier molecular flexibility index (Phi) is 8.54. The maximum atomic E-state index is 13.9. The van der Waals surface area contributed by atoms with Crippen LogP contribution in [0.2, 0.25) is 0 Å². The average Bonchev–Trinajstić information content (AvgIpc) is 3.56. The first-order valence-corrected chi connectivity index (χ1v) is 14.2. The Balaban J connectivity index is 1.37. The van der Waals surface area contributed by atoms with Crippen molar-refractivity contribution in [2.45, 2.75) is 70.0 Å². The first-order valence-electron chi connectivity index (χ1n) is 14.2. The van der Waals surface area contributed by atoms with Crippen LogP contribution in [0.4, 0.5) is 0 Å². The van der Waals surface area contributed by atoms with Crippen LogP contribution in [0.15, 0.2) is 72.8 Å². The summed E-state index contributed by atoms with van der Waals surface area (Å²) in [5.41, 5.74) is 1.89. The quantitative estimate of drug-likeness (QED) is 0.373. The smallest absolute Gasteiger partial charge is 0.243 e. The second kappa shape index (κ2) is 12.4. The maximum absolute atomic E-state index is 13.9. The maximum Gasteiger partial charge on any atom is 0.243 e. The van der Waals surface area contributed by atoms with Crippen LogP contribution in [-0.2, 0) is 32.1 Å². The van der Waals surface area contributed by atoms with Crippen molar-refractivity contribution in [3.8, 4) is 0 Å². The van der Waals surface area contributed by atoms with Gasteiger partial charge in [0.25, 0.3) is 0 Å². The molecule has 2 fully saturated rings. The Hall–Kier alpha value is -3.74. The Morgan fingerprint density at radius 3 is 2.00 bits per heavy atom. The third-order valence-electron chi connectivity index (χ3n) is 8.32. The lowest BCUT2D eigenvalue weighted by Gasteiger charge is -2.33. The summed E-state index contributed by atoms with van der Waals surface area (Å²) in [5.74, 6) is -1.40. The lowest BCUT2D eigenvalue weighted by Crippen LogP contribution is -2.52. The normalized spacial score (nSPS) is 21.6. The van der Waals surface area contributed by atoms with Gasteiger partial charge in [0.15, 0.2) is 0 Å². The summed E-state index contributed by atoms with van der Waals surface area (Å²) >= 11 is 0. The molecule has 204 valence electrons. The summed E-state index contributed by atoms with van der Waals surface area (Å²) in [6.45, 7) is 0.309. The molecule has 39 heavy (non-hydrogen) atoms. The van der Waals surface area contributed by atoms with E-state index < -0.39 is 6.04 Å². The SMILES string of the molecule is O=C(NC1CCCC1)[C@H](Cc1ccccc1)N(Cc1ccccc1)C(=O)CCN1C(=O)[C@H]2CC=CC[C@H]2C1=O. The third kappa shape index (κ3) is 6.29. The van der Waals surface area contributed by atoms with Gasteiger partial charge < -0.3 is 10.2 Å². The zero-order valence-electron chi connectivity index (χ0n) is 22.3. The van der Waals surface area contributed by atoms with E-state index in [1.807, 2.05) is 72.8 Å². The molecule has 0 spiro atoms. The number of carbonyl (C=O) groups is 4. The molecule has 5 rings (SSSR count). The van der Waals surface area contributed by atoms with Crippen LogP contribution < -0.4 is 5.32 Å². The summed E-state index contributed by atoms with van der Waals surface area (Å²) in [4.78, 5) is 56.5. The van der Waals surface area contributed by atoms with Crippen LogP contribution >= 0.6 is 0 Å². The lowest BCUT2D eigenvalue weighted by atomic mass is 9.85. The molecule has 7 nitrogen and oxygen atoms in total. The standard InChI is InChI=1S/C32H37N3O4/c36-29(19-20-34-31(38)26-17-9-10-18-27(26)32(34)39)35(22-24-13-5-2-6-14-24)28(21-23-11-3-1-4-12-23)30(37)33-25-15-7-8-16-25/h1-6,9-14,25-28H,7-8,15-22H2,(H,33,37)/t26-,27+,28-/m0/s1. The number of hydrogen-bond acceptors (Lipinski definition) is 4. The zero-order valence-corrected chi connectivity index (χ0v) is 22.3. The van der Waals surface area contributed by atoms with Gasteiger partial charge in [-0.25, -0.2) is 0 Å². The number of fused-ring (bicyclic) bond motifs is 1. The van der Waals surface area contributed by atoms with Crippen molar-refractivity contribution in [3.05, 3.63) is 83.9 Å². The molecule has 1 saturated carbocycles. The van der Waals surface area contributed by atoms with Gasteiger partial charge in [-0.05, 0) is 36.8 Å². The van der Waals surface area contributed by atoms with E-state index in [0.717, 1.165) is 36.8 Å². The minimum absolute atomic E-state index is 0.0147. The molecule has 1 saturated heterocycles. The van der Waals surface area contributed by atoms with Gasteiger partial charge in [-0.1, -0.05) is 85.7 Å². The fourth-order valence-corrected chi connectivity index (χ4v) is 6.14. The van der Waals surface area contributed by atoms with E-state index in [1.54, 1.807) is 4.90 Å². The van der Waals surface area contributed by atoms with E-state index in [4.69, 9.17) is 0 Å². The molecule has 1 heterocycles. The highest BCUT2D eigenvalue weighted by atomic mass is 16.2. The number of hydrogen-bond donors (Lipinski definition) is 1. The van der Waals surface area contributed by atoms with E-state index >= 15 is 0 Å². The molecule has 1 N–H and O–H groups in total. The summed E-state index contributed by atoms with van der Waals surface area (Å²) < 4.78 is 0. The van der Waals surface area contributed by atoms with Crippen LogP contribution in [0.5, 0.6) is 0 Å². The van der Waals surface area contributed by atoms with E-state index in [2.05, 4.69) is 5.32 Å². The predicted molar refractivity (Wildman–Crippen MR) is 148 cm³/mol. The first-order chi connectivity index (χ1) is 19.0. The van der Waals surface area contributed by atoms with Gasteiger partial charge in [0, 0.05) is 32.0 Å². The largest absolute Gasteiger partial charge is 0.352 e. The number of likely N-dealkylation sites (tertiary alicyclic amines) is 1. The fraction of sp³-hybridized carbons (Fsp3) is 0.438. The number of carbonyl (C=O) groups excluding carboxylic acids is 4. The molecule has 0 bridgehead atoms. The molecule has 7 heteroatoms. The van der Waals surface area contributed by atoms with Gasteiger partial charge in [0.2, 0.25) is 23.6 Å². The van der Waals surface area contributed by atoms with E-state index in [-0.39, 0.29) is 61.0 Å². The van der Waals surface area contributed by atoms with E-state index in [1.165, 1.54) is 4.90 Å². The summed E-state index contributed by atoms with van der Waals surface area (Å²) in [6, 6.07) is 18.8. The third-order valence-corrected chi connectivity index (χ3v) is 8.32. The Morgan fingerprint density at radius 2 is 1.41 bits per heavy atom. The van der Waals surface area contributed by atoms with Crippen molar-refractivity contribution in [2.75, 3.05) is 6.54 Å². The minimum Gasteiger partial charge on any atom is -0.352 e. The highest BCUT2D eigenvalue weighted by Gasteiger charge is 2.47. The molecule has 2 aromatic rings. The number of rotatable bonds is 10. The van der Waals surface area contributed by atoms with Gasteiger partial charge >= 0.3 is 0 Å². The number of nitrogens with one attached hydrogen (secondary N) is 1. The predicted octanol–water partition coefficient (Wildman–Crippen LogP) is 4.03. The first kappa shape index (κ1) is 26.9. The number of imide groups is 1. The van der Waals surface area contributed by atoms with Crippen molar-refractivity contribution in [1.29, 1.82) is 0 Å². The minimum atomic E-state index is -0.711. The van der Waals surface area contributed by atoms with Gasteiger partial charge in [-0.2, -0.15) is 0 Å². The van der Waals surface area contributed by atoms with Crippen molar-refractivity contribution in [3.63, 3.8) is 0 Å². The van der Waals surface area contributed by atoms with Crippen LogP contribution in [0.25, 0.3) is 0 Å². The Morgan fingerprint density at radius 1 is 0.846 bits per heavy atom. The number of nitrogens with zero attached hydrogens (tertiary/aromatic N) is 2. The lowest BCUT2D eigenvalue weighted by molar-refractivity contribution is -0.144. The molecule has 2 aromatic carbocycles. The van der Waals surface area contributed by atoms with E-state index in [9.17, 15) is 19.2 Å². The number of benzene rings is 2. The fourth-order valence-electron chi connectivity index (χ4n) is 6.14.